The number of hydrogen-bond acceptors (Lipinski definition) is 3. The maximum atomic E-state index is 12.6. The molecule has 0 spiro atoms. The van der Waals surface area contributed by atoms with Gasteiger partial charge in [0.05, 0.1) is 6.54 Å². The Morgan fingerprint density at radius 3 is 2.22 bits per heavy atom. The van der Waals surface area contributed by atoms with Gasteiger partial charge in [-0.1, -0.05) is 0 Å². The number of carbonyl (C=O) groups excluding carboxylic acids is 2. The van der Waals surface area contributed by atoms with Crippen molar-refractivity contribution in [2.75, 3.05) is 19.6 Å². The van der Waals surface area contributed by atoms with Crippen LogP contribution in [0.15, 0.2) is 0 Å². The first-order valence-electron chi connectivity index (χ1n) is 10.8. The van der Waals surface area contributed by atoms with E-state index in [1.54, 1.807) is 0 Å². The van der Waals surface area contributed by atoms with Gasteiger partial charge in [0.25, 0.3) is 0 Å². The van der Waals surface area contributed by atoms with Gasteiger partial charge in [-0.2, -0.15) is 0 Å². The lowest BCUT2D eigenvalue weighted by Crippen LogP contribution is -2.48. The van der Waals surface area contributed by atoms with Gasteiger partial charge in [-0.25, -0.2) is 0 Å². The van der Waals surface area contributed by atoms with Crippen molar-refractivity contribution < 1.29 is 9.59 Å². The lowest BCUT2D eigenvalue weighted by atomic mass is 9.49. The summed E-state index contributed by atoms with van der Waals surface area (Å²) in [7, 11) is 0. The summed E-state index contributed by atoms with van der Waals surface area (Å²) in [6.45, 7) is 1.79. The molecule has 0 radical (unpaired) electrons. The molecule has 2 amide bonds. The van der Waals surface area contributed by atoms with E-state index in [9.17, 15) is 9.59 Å². The summed E-state index contributed by atoms with van der Waals surface area (Å²) in [5.74, 6) is 3.82. The van der Waals surface area contributed by atoms with Crippen molar-refractivity contribution in [2.45, 2.75) is 63.8 Å². The average molecular weight is 396 g/mol. The van der Waals surface area contributed by atoms with E-state index in [4.69, 9.17) is 5.73 Å². The summed E-state index contributed by atoms with van der Waals surface area (Å²) in [5, 5.41) is 2.95. The van der Waals surface area contributed by atoms with Crippen molar-refractivity contribution in [3.8, 4) is 0 Å². The number of rotatable bonds is 4. The van der Waals surface area contributed by atoms with E-state index in [1.807, 2.05) is 4.90 Å². The largest absolute Gasteiger partial charge is 0.347 e. The van der Waals surface area contributed by atoms with Gasteiger partial charge in [0.15, 0.2) is 0 Å². The SMILES string of the molecule is Cl.NC1CCC2CN(C(=O)CNC(=O)CC34CC5CC(CC(C5)C3)C4)CC12. The number of halogens is 1. The van der Waals surface area contributed by atoms with E-state index >= 15 is 0 Å². The lowest BCUT2D eigenvalue weighted by Gasteiger charge is -2.56. The number of carbonyl (C=O) groups is 2. The molecule has 0 aromatic carbocycles. The van der Waals surface area contributed by atoms with Crippen LogP contribution in [0.25, 0.3) is 0 Å². The second kappa shape index (κ2) is 7.22. The third kappa shape index (κ3) is 3.62. The Morgan fingerprint density at radius 2 is 1.63 bits per heavy atom. The maximum absolute atomic E-state index is 12.6. The van der Waals surface area contributed by atoms with Gasteiger partial charge < -0.3 is 16.0 Å². The topological polar surface area (TPSA) is 75.4 Å². The Hall–Kier alpha value is -0.810. The molecule has 4 bridgehead atoms. The van der Waals surface area contributed by atoms with Crippen LogP contribution in [-0.4, -0.2) is 42.4 Å². The Bertz CT molecular complexity index is 575. The molecule has 3 unspecified atom stereocenters. The highest BCUT2D eigenvalue weighted by Gasteiger charge is 2.51. The molecule has 1 saturated heterocycles. The van der Waals surface area contributed by atoms with Crippen LogP contribution < -0.4 is 11.1 Å². The Labute approximate surface area is 168 Å². The van der Waals surface area contributed by atoms with Gasteiger partial charge in [0.2, 0.25) is 11.8 Å². The van der Waals surface area contributed by atoms with Crippen LogP contribution in [0.1, 0.15) is 57.8 Å². The predicted molar refractivity (Wildman–Crippen MR) is 106 cm³/mol. The molecule has 5 saturated carbocycles. The van der Waals surface area contributed by atoms with Crippen LogP contribution in [0.2, 0.25) is 0 Å². The second-order valence-electron chi connectivity index (χ2n) is 10.3. The summed E-state index contributed by atoms with van der Waals surface area (Å²) >= 11 is 0. The lowest BCUT2D eigenvalue weighted by molar-refractivity contribution is -0.135. The number of hydrogen-bond donors (Lipinski definition) is 2. The van der Waals surface area contributed by atoms with Crippen molar-refractivity contribution in [3.63, 3.8) is 0 Å². The first-order valence-corrected chi connectivity index (χ1v) is 10.8. The van der Waals surface area contributed by atoms with Crippen LogP contribution in [0, 0.1) is 35.0 Å². The summed E-state index contributed by atoms with van der Waals surface area (Å²) < 4.78 is 0. The van der Waals surface area contributed by atoms with E-state index in [1.165, 1.54) is 38.5 Å². The smallest absolute Gasteiger partial charge is 0.241 e. The molecule has 152 valence electrons. The second-order valence-corrected chi connectivity index (χ2v) is 10.3. The molecule has 6 heteroatoms. The molecular weight excluding hydrogens is 362 g/mol. The highest BCUT2D eigenvalue weighted by Crippen LogP contribution is 2.61. The van der Waals surface area contributed by atoms with Gasteiger partial charge >= 0.3 is 0 Å². The molecule has 3 N–H and O–H groups in total. The zero-order chi connectivity index (χ0) is 17.9. The van der Waals surface area contributed by atoms with Gasteiger partial charge in [-0.3, -0.25) is 9.59 Å². The van der Waals surface area contributed by atoms with Crippen molar-refractivity contribution in [1.29, 1.82) is 0 Å². The predicted octanol–water partition coefficient (Wildman–Crippen LogP) is 2.33. The molecule has 5 nitrogen and oxygen atoms in total. The standard InChI is InChI=1S/C21H33N3O2.ClH/c22-18-2-1-16-11-24(12-17(16)18)20(26)10-23-19(25)9-21-6-13-3-14(7-21)5-15(4-13)8-21;/h13-18H,1-12,22H2,(H,23,25);1H. The van der Waals surface area contributed by atoms with E-state index < -0.39 is 0 Å². The molecule has 27 heavy (non-hydrogen) atoms. The van der Waals surface area contributed by atoms with E-state index in [-0.39, 0.29) is 42.2 Å². The van der Waals surface area contributed by atoms with Crippen molar-refractivity contribution >= 4 is 24.2 Å². The van der Waals surface area contributed by atoms with Crippen molar-refractivity contribution in [1.82, 2.24) is 10.2 Å². The zero-order valence-corrected chi connectivity index (χ0v) is 17.0. The zero-order valence-electron chi connectivity index (χ0n) is 16.2. The number of nitrogens with two attached hydrogens (primary N) is 1. The minimum Gasteiger partial charge on any atom is -0.347 e. The average Bonchev–Trinajstić information content (AvgIpc) is 3.13. The van der Waals surface area contributed by atoms with Crippen LogP contribution >= 0.6 is 12.4 Å². The minimum absolute atomic E-state index is 0. The first-order chi connectivity index (χ1) is 12.5. The number of amides is 2. The Balaban J connectivity index is 0.00000180. The van der Waals surface area contributed by atoms with Gasteiger partial charge in [0, 0.05) is 25.6 Å². The van der Waals surface area contributed by atoms with Gasteiger partial charge in [-0.15, -0.1) is 12.4 Å². The maximum Gasteiger partial charge on any atom is 0.241 e. The number of nitrogens with zero attached hydrogens (tertiary/aromatic N) is 1. The molecule has 0 aromatic rings. The highest BCUT2D eigenvalue weighted by atomic mass is 35.5. The molecule has 1 aliphatic heterocycles. The number of nitrogens with one attached hydrogen (secondary N) is 1. The quantitative estimate of drug-likeness (QED) is 0.767. The molecular formula is C21H34ClN3O2. The van der Waals surface area contributed by atoms with Gasteiger partial charge in [0.1, 0.15) is 0 Å². The van der Waals surface area contributed by atoms with Crippen molar-refractivity contribution in [2.24, 2.45) is 40.7 Å². The summed E-state index contributed by atoms with van der Waals surface area (Å²) in [5.41, 5.74) is 6.41. The normalized spacial score (nSPS) is 44.1. The molecule has 5 aliphatic carbocycles. The fraction of sp³-hybridized carbons (Fsp3) is 0.905. The molecule has 6 rings (SSSR count). The number of likely N-dealkylation sites (tertiary alicyclic amines) is 1. The summed E-state index contributed by atoms with van der Waals surface area (Å²) in [6, 6.07) is 0.253. The van der Waals surface area contributed by atoms with Crippen molar-refractivity contribution in [3.05, 3.63) is 0 Å². The Kier molecular flexibility index (Phi) is 5.21. The van der Waals surface area contributed by atoms with E-state index in [2.05, 4.69) is 5.32 Å². The highest BCUT2D eigenvalue weighted by molar-refractivity contribution is 5.85. The Morgan fingerprint density at radius 1 is 1.00 bits per heavy atom. The monoisotopic (exact) mass is 395 g/mol. The third-order valence-electron chi connectivity index (χ3n) is 8.40. The molecule has 1 heterocycles. The van der Waals surface area contributed by atoms with Crippen LogP contribution in [0.3, 0.4) is 0 Å². The van der Waals surface area contributed by atoms with E-state index in [0.29, 0.717) is 18.3 Å². The van der Waals surface area contributed by atoms with Crippen LogP contribution in [0.5, 0.6) is 0 Å². The summed E-state index contributed by atoms with van der Waals surface area (Å²) in [4.78, 5) is 27.0. The molecule has 6 aliphatic rings. The summed E-state index contributed by atoms with van der Waals surface area (Å²) in [6.07, 6.45) is 10.8. The third-order valence-corrected chi connectivity index (χ3v) is 8.40. The number of fused-ring (bicyclic) bond motifs is 1. The molecule has 3 atom stereocenters. The molecule has 6 fully saturated rings. The van der Waals surface area contributed by atoms with Crippen LogP contribution in [-0.2, 0) is 9.59 Å². The van der Waals surface area contributed by atoms with Gasteiger partial charge in [-0.05, 0) is 86.4 Å². The minimum atomic E-state index is 0. The first kappa shape index (κ1) is 19.5. The fourth-order valence-electron chi connectivity index (χ4n) is 7.71. The van der Waals surface area contributed by atoms with E-state index in [0.717, 1.165) is 43.7 Å². The fourth-order valence-corrected chi connectivity index (χ4v) is 7.71. The molecule has 0 aromatic heterocycles. The van der Waals surface area contributed by atoms with Crippen LogP contribution in [0.4, 0.5) is 0 Å².